The summed E-state index contributed by atoms with van der Waals surface area (Å²) in [5.74, 6) is 2.33. The van der Waals surface area contributed by atoms with Crippen molar-refractivity contribution in [1.82, 2.24) is 14.5 Å². The molecule has 0 saturated carbocycles. The predicted octanol–water partition coefficient (Wildman–Crippen LogP) is 4.45. The number of anilines is 2. The average molecular weight is 480 g/mol. The molecule has 10 heteroatoms. The number of aryl methyl sites for hydroxylation is 2. The summed E-state index contributed by atoms with van der Waals surface area (Å²) < 4.78 is 41.2. The number of alkyl halides is 3. The van der Waals surface area contributed by atoms with E-state index in [-0.39, 0.29) is 5.56 Å². The Morgan fingerprint density at radius 1 is 1.14 bits per heavy atom. The van der Waals surface area contributed by atoms with Crippen LogP contribution in [0, 0.1) is 6.92 Å². The first-order valence-electron chi connectivity index (χ1n) is 11.2. The van der Waals surface area contributed by atoms with Crippen LogP contribution in [0.15, 0.2) is 52.4 Å². The molecule has 2 aliphatic rings. The molecule has 0 saturated heterocycles. The third kappa shape index (κ3) is 4.09. The van der Waals surface area contributed by atoms with Gasteiger partial charge in [-0.25, -0.2) is 9.97 Å². The van der Waals surface area contributed by atoms with Crippen LogP contribution >= 0.6 is 0 Å². The van der Waals surface area contributed by atoms with E-state index in [1.165, 1.54) is 10.6 Å². The minimum atomic E-state index is -4.43. The summed E-state index contributed by atoms with van der Waals surface area (Å²) in [7, 11) is 1.69. The lowest BCUT2D eigenvalue weighted by Crippen LogP contribution is -2.35. The Morgan fingerprint density at radius 3 is 2.71 bits per heavy atom. The first-order valence-corrected chi connectivity index (χ1v) is 11.2. The number of pyridine rings is 1. The van der Waals surface area contributed by atoms with Crippen molar-refractivity contribution in [2.45, 2.75) is 26.1 Å². The molecule has 180 valence electrons. The topological polar surface area (TPSA) is 75.4 Å². The summed E-state index contributed by atoms with van der Waals surface area (Å²) in [5, 5.41) is 3.27. The molecule has 35 heavy (non-hydrogen) atoms. The molecule has 0 bridgehead atoms. The van der Waals surface area contributed by atoms with Gasteiger partial charge in [0.2, 0.25) is 0 Å². The van der Waals surface area contributed by atoms with Gasteiger partial charge in [0.1, 0.15) is 23.3 Å². The van der Waals surface area contributed by atoms with Crippen LogP contribution in [0.25, 0.3) is 11.6 Å². The number of nitrogens with zero attached hydrogens (tertiary/aromatic N) is 5. The number of hydrogen-bond acceptors (Lipinski definition) is 6. The SMILES string of the molecule is Cc1nc(N[C@H](C)c2cccc(C(F)(F)F)c2)c2c(n1)N1CCN=C1C(c1cccn(C)c1=O)=C2. The van der Waals surface area contributed by atoms with E-state index in [0.29, 0.717) is 58.6 Å². The van der Waals surface area contributed by atoms with Gasteiger partial charge in [-0.2, -0.15) is 13.2 Å². The molecule has 4 heterocycles. The Morgan fingerprint density at radius 2 is 1.94 bits per heavy atom. The molecule has 7 nitrogen and oxygen atoms in total. The van der Waals surface area contributed by atoms with Crippen LogP contribution in [-0.2, 0) is 13.2 Å². The maximum atomic E-state index is 13.2. The van der Waals surface area contributed by atoms with Gasteiger partial charge in [-0.15, -0.1) is 0 Å². The van der Waals surface area contributed by atoms with Crippen molar-refractivity contribution in [1.29, 1.82) is 0 Å². The summed E-state index contributed by atoms with van der Waals surface area (Å²) in [6.07, 6.45) is -0.896. The molecule has 2 aliphatic heterocycles. The van der Waals surface area contributed by atoms with Crippen molar-refractivity contribution in [2.24, 2.45) is 12.0 Å². The molecule has 1 N–H and O–H groups in total. The monoisotopic (exact) mass is 480 g/mol. The molecule has 1 aromatic carbocycles. The van der Waals surface area contributed by atoms with Crippen molar-refractivity contribution < 1.29 is 13.2 Å². The highest BCUT2D eigenvalue weighted by Gasteiger charge is 2.34. The van der Waals surface area contributed by atoms with Crippen LogP contribution in [0.2, 0.25) is 0 Å². The standard InChI is InChI=1S/C25H23F3N6O/c1-14(16-6-4-7-17(12-16)25(26,27)28)30-21-20-13-19(18-8-5-10-33(3)24(18)35)22-29-9-11-34(22)23(20)32-15(2)31-21/h4-8,10,12-14H,9,11H2,1-3H3,(H,30,31,32)/t14-/m1/s1. The summed E-state index contributed by atoms with van der Waals surface area (Å²) in [6.45, 7) is 4.71. The smallest absolute Gasteiger partial charge is 0.363 e. The van der Waals surface area contributed by atoms with Gasteiger partial charge in [-0.1, -0.05) is 12.1 Å². The quantitative estimate of drug-likeness (QED) is 0.597. The van der Waals surface area contributed by atoms with Crippen molar-refractivity contribution >= 4 is 29.1 Å². The fourth-order valence-electron chi connectivity index (χ4n) is 4.38. The molecular formula is C25H23F3N6O. The summed E-state index contributed by atoms with van der Waals surface area (Å²) >= 11 is 0. The van der Waals surface area contributed by atoms with Gasteiger partial charge in [0.25, 0.3) is 5.56 Å². The van der Waals surface area contributed by atoms with E-state index in [4.69, 9.17) is 0 Å². The fourth-order valence-corrected chi connectivity index (χ4v) is 4.38. The Balaban J connectivity index is 1.61. The maximum absolute atomic E-state index is 13.2. The van der Waals surface area contributed by atoms with Gasteiger partial charge >= 0.3 is 6.18 Å². The maximum Gasteiger partial charge on any atom is 0.416 e. The number of rotatable bonds is 4. The Hall–Kier alpha value is -3.95. The minimum Gasteiger partial charge on any atom is -0.363 e. The zero-order valence-electron chi connectivity index (χ0n) is 19.4. The van der Waals surface area contributed by atoms with E-state index in [1.807, 2.05) is 11.0 Å². The first kappa shape index (κ1) is 22.8. The van der Waals surface area contributed by atoms with Crippen molar-refractivity contribution in [3.63, 3.8) is 0 Å². The molecule has 5 rings (SSSR count). The number of nitrogens with one attached hydrogen (secondary N) is 1. The molecular weight excluding hydrogens is 457 g/mol. The number of benzene rings is 1. The third-order valence-electron chi connectivity index (χ3n) is 6.14. The zero-order valence-corrected chi connectivity index (χ0v) is 19.4. The number of aromatic nitrogens is 3. The summed E-state index contributed by atoms with van der Waals surface area (Å²) in [6, 6.07) is 8.32. The molecule has 1 atom stereocenters. The Labute approximate surface area is 199 Å². The van der Waals surface area contributed by atoms with Crippen LogP contribution in [0.4, 0.5) is 24.8 Å². The minimum absolute atomic E-state index is 0.156. The summed E-state index contributed by atoms with van der Waals surface area (Å²) in [5.41, 5.74) is 1.45. The van der Waals surface area contributed by atoms with Crippen LogP contribution in [0.5, 0.6) is 0 Å². The number of halogens is 3. The number of amidine groups is 1. The predicted molar refractivity (Wildman–Crippen MR) is 129 cm³/mol. The first-order chi connectivity index (χ1) is 16.6. The van der Waals surface area contributed by atoms with Gasteiger partial charge in [-0.05, 0) is 49.8 Å². The van der Waals surface area contributed by atoms with Gasteiger partial charge in [0, 0.05) is 31.4 Å². The third-order valence-corrected chi connectivity index (χ3v) is 6.14. The van der Waals surface area contributed by atoms with Gasteiger partial charge in [-0.3, -0.25) is 9.79 Å². The second-order valence-corrected chi connectivity index (χ2v) is 8.60. The summed E-state index contributed by atoms with van der Waals surface area (Å²) in [4.78, 5) is 28.7. The van der Waals surface area contributed by atoms with Gasteiger partial charge in [0.15, 0.2) is 0 Å². The molecule has 2 aromatic heterocycles. The highest BCUT2D eigenvalue weighted by Crippen LogP contribution is 2.38. The molecule has 3 aromatic rings. The highest BCUT2D eigenvalue weighted by atomic mass is 19.4. The van der Waals surface area contributed by atoms with Crippen LogP contribution in [-0.4, -0.2) is 33.5 Å². The second kappa shape index (κ2) is 8.37. The number of fused-ring (bicyclic) bond motifs is 3. The van der Waals surface area contributed by atoms with E-state index >= 15 is 0 Å². The lowest BCUT2D eigenvalue weighted by molar-refractivity contribution is -0.137. The van der Waals surface area contributed by atoms with E-state index < -0.39 is 17.8 Å². The van der Waals surface area contributed by atoms with Crippen molar-refractivity contribution in [3.8, 4) is 0 Å². The fraction of sp³-hybridized carbons (Fsp3) is 0.280. The molecule has 0 unspecified atom stereocenters. The average Bonchev–Trinajstić information content (AvgIpc) is 3.31. The molecule has 0 amide bonds. The molecule has 0 fully saturated rings. The van der Waals surface area contributed by atoms with Gasteiger partial charge in [0.05, 0.1) is 23.2 Å². The van der Waals surface area contributed by atoms with Crippen molar-refractivity contribution in [2.75, 3.05) is 23.3 Å². The van der Waals surface area contributed by atoms with Gasteiger partial charge < -0.3 is 14.8 Å². The molecule has 0 spiro atoms. The van der Waals surface area contributed by atoms with E-state index in [2.05, 4.69) is 20.3 Å². The van der Waals surface area contributed by atoms with Crippen molar-refractivity contribution in [3.05, 3.63) is 81.0 Å². The number of hydrogen-bond donors (Lipinski definition) is 1. The van der Waals surface area contributed by atoms with Crippen LogP contribution in [0.3, 0.4) is 0 Å². The largest absolute Gasteiger partial charge is 0.416 e. The second-order valence-electron chi connectivity index (χ2n) is 8.60. The number of aliphatic imine (C=N–C) groups is 1. The van der Waals surface area contributed by atoms with E-state index in [0.717, 1.165) is 12.1 Å². The molecule has 0 radical (unpaired) electrons. The van der Waals surface area contributed by atoms with E-state index in [9.17, 15) is 18.0 Å². The lowest BCUT2D eigenvalue weighted by atomic mass is 9.98. The van der Waals surface area contributed by atoms with Crippen LogP contribution in [0.1, 0.15) is 41.0 Å². The van der Waals surface area contributed by atoms with Crippen LogP contribution < -0.4 is 15.8 Å². The Bertz CT molecular complexity index is 1440. The highest BCUT2D eigenvalue weighted by molar-refractivity contribution is 6.36. The van der Waals surface area contributed by atoms with E-state index in [1.54, 1.807) is 45.3 Å². The zero-order chi connectivity index (χ0) is 24.9. The molecule has 0 aliphatic carbocycles. The lowest BCUT2D eigenvalue weighted by Gasteiger charge is -2.29. The normalized spacial score (nSPS) is 15.8. The Kier molecular flexibility index (Phi) is 5.46.